The molecular formula is C13H24N2O3. The smallest absolute Gasteiger partial charge is 0.242 e. The Morgan fingerprint density at radius 3 is 2.94 bits per heavy atom. The number of rotatable bonds is 3. The van der Waals surface area contributed by atoms with Gasteiger partial charge in [0.15, 0.2) is 0 Å². The van der Waals surface area contributed by atoms with Crippen molar-refractivity contribution in [1.82, 2.24) is 5.32 Å². The van der Waals surface area contributed by atoms with Gasteiger partial charge < -0.3 is 20.9 Å². The number of carbonyl (C=O) groups is 1. The molecule has 2 rings (SSSR count). The van der Waals surface area contributed by atoms with E-state index in [-0.39, 0.29) is 12.5 Å². The molecule has 1 heterocycles. The minimum atomic E-state index is -0.906. The normalized spacial score (nSPS) is 40.7. The molecule has 0 aromatic rings. The van der Waals surface area contributed by atoms with Gasteiger partial charge in [-0.1, -0.05) is 19.8 Å². The van der Waals surface area contributed by atoms with Gasteiger partial charge in [0.05, 0.1) is 12.2 Å². The molecule has 5 heteroatoms. The molecule has 1 amide bonds. The summed E-state index contributed by atoms with van der Waals surface area (Å²) in [6.07, 6.45) is 4.23. The second-order valence-electron chi connectivity index (χ2n) is 6.07. The van der Waals surface area contributed by atoms with Gasteiger partial charge >= 0.3 is 0 Å². The topological polar surface area (TPSA) is 84.6 Å². The van der Waals surface area contributed by atoms with Crippen molar-refractivity contribution in [2.24, 2.45) is 11.7 Å². The lowest BCUT2D eigenvalue weighted by Gasteiger charge is -2.36. The molecule has 2 aliphatic rings. The van der Waals surface area contributed by atoms with Gasteiger partial charge in [-0.25, -0.2) is 0 Å². The van der Waals surface area contributed by atoms with Crippen LogP contribution in [0.5, 0.6) is 0 Å². The molecule has 18 heavy (non-hydrogen) atoms. The van der Waals surface area contributed by atoms with E-state index in [0.29, 0.717) is 25.5 Å². The van der Waals surface area contributed by atoms with Gasteiger partial charge in [0.2, 0.25) is 5.91 Å². The van der Waals surface area contributed by atoms with Crippen molar-refractivity contribution in [2.45, 2.75) is 50.2 Å². The fourth-order valence-electron chi connectivity index (χ4n) is 2.97. The predicted octanol–water partition coefficient (Wildman–Crippen LogP) is 0.162. The highest BCUT2D eigenvalue weighted by Gasteiger charge is 2.40. The molecule has 3 unspecified atom stereocenters. The van der Waals surface area contributed by atoms with Gasteiger partial charge in [-0.05, 0) is 25.2 Å². The first kappa shape index (κ1) is 13.8. The second kappa shape index (κ2) is 5.15. The van der Waals surface area contributed by atoms with Crippen LogP contribution in [0, 0.1) is 5.92 Å². The fraction of sp³-hybridized carbons (Fsp3) is 0.923. The number of amides is 1. The van der Waals surface area contributed by atoms with E-state index >= 15 is 0 Å². The molecule has 0 aromatic carbocycles. The van der Waals surface area contributed by atoms with E-state index in [1.807, 2.05) is 0 Å². The predicted molar refractivity (Wildman–Crippen MR) is 67.9 cm³/mol. The summed E-state index contributed by atoms with van der Waals surface area (Å²) in [4.78, 5) is 12.0. The third-order valence-electron chi connectivity index (χ3n) is 4.15. The molecular weight excluding hydrogens is 232 g/mol. The lowest BCUT2D eigenvalue weighted by molar-refractivity contribution is -0.128. The summed E-state index contributed by atoms with van der Waals surface area (Å²) in [6.45, 7) is 3.25. The van der Waals surface area contributed by atoms with Gasteiger partial charge in [0.25, 0.3) is 0 Å². The summed E-state index contributed by atoms with van der Waals surface area (Å²) >= 11 is 0. The lowest BCUT2D eigenvalue weighted by Crippen LogP contribution is -2.57. The van der Waals surface area contributed by atoms with Crippen molar-refractivity contribution >= 4 is 5.91 Å². The quantitative estimate of drug-likeness (QED) is 0.671. The molecule has 2 fully saturated rings. The van der Waals surface area contributed by atoms with E-state index in [2.05, 4.69) is 12.2 Å². The maximum absolute atomic E-state index is 12.0. The summed E-state index contributed by atoms with van der Waals surface area (Å²) in [5.74, 6) is 0.314. The van der Waals surface area contributed by atoms with Crippen LogP contribution < -0.4 is 11.1 Å². The molecule has 0 radical (unpaired) electrons. The van der Waals surface area contributed by atoms with E-state index in [1.54, 1.807) is 0 Å². The average Bonchev–Trinajstić information content (AvgIpc) is 2.74. The number of hydrogen-bond donors (Lipinski definition) is 3. The molecule has 0 bridgehead atoms. The van der Waals surface area contributed by atoms with Crippen LogP contribution in [0.4, 0.5) is 0 Å². The summed E-state index contributed by atoms with van der Waals surface area (Å²) < 4.78 is 5.17. The Morgan fingerprint density at radius 2 is 2.33 bits per heavy atom. The van der Waals surface area contributed by atoms with Crippen LogP contribution in [0.15, 0.2) is 0 Å². The van der Waals surface area contributed by atoms with Gasteiger partial charge in [-0.2, -0.15) is 0 Å². The Balaban J connectivity index is 1.85. The van der Waals surface area contributed by atoms with Crippen LogP contribution in [-0.2, 0) is 9.53 Å². The molecule has 4 N–H and O–H groups in total. The molecule has 1 aliphatic heterocycles. The first-order valence-electron chi connectivity index (χ1n) is 6.81. The van der Waals surface area contributed by atoms with Gasteiger partial charge in [0, 0.05) is 13.2 Å². The van der Waals surface area contributed by atoms with Crippen LogP contribution >= 0.6 is 0 Å². The average molecular weight is 256 g/mol. The third-order valence-corrected chi connectivity index (χ3v) is 4.15. The molecule has 0 aromatic heterocycles. The summed E-state index contributed by atoms with van der Waals surface area (Å²) in [5.41, 5.74) is 4.30. The number of hydrogen-bond acceptors (Lipinski definition) is 4. The summed E-state index contributed by atoms with van der Waals surface area (Å²) in [7, 11) is 0. The monoisotopic (exact) mass is 256 g/mol. The van der Waals surface area contributed by atoms with Crippen LogP contribution in [0.25, 0.3) is 0 Å². The molecule has 3 atom stereocenters. The zero-order chi connectivity index (χ0) is 13.2. The third kappa shape index (κ3) is 3.02. The van der Waals surface area contributed by atoms with E-state index in [1.165, 1.54) is 0 Å². The van der Waals surface area contributed by atoms with Crippen LogP contribution in [0.2, 0.25) is 0 Å². The van der Waals surface area contributed by atoms with Crippen molar-refractivity contribution < 1.29 is 14.6 Å². The highest BCUT2D eigenvalue weighted by atomic mass is 16.5. The van der Waals surface area contributed by atoms with E-state index < -0.39 is 11.1 Å². The van der Waals surface area contributed by atoms with Crippen LogP contribution in [0.1, 0.15) is 39.0 Å². The Hall–Kier alpha value is -0.650. The fourth-order valence-corrected chi connectivity index (χ4v) is 2.97. The first-order chi connectivity index (χ1) is 8.44. The molecule has 1 saturated heterocycles. The Bertz CT molecular complexity index is 315. The van der Waals surface area contributed by atoms with Crippen molar-refractivity contribution in [3.63, 3.8) is 0 Å². The maximum Gasteiger partial charge on any atom is 0.242 e. The van der Waals surface area contributed by atoms with Gasteiger partial charge in [-0.3, -0.25) is 4.79 Å². The molecule has 0 spiro atoms. The molecule has 104 valence electrons. The van der Waals surface area contributed by atoms with Crippen LogP contribution in [-0.4, -0.2) is 41.9 Å². The van der Waals surface area contributed by atoms with Gasteiger partial charge in [-0.15, -0.1) is 0 Å². The largest absolute Gasteiger partial charge is 0.388 e. The van der Waals surface area contributed by atoms with Crippen molar-refractivity contribution in [2.75, 3.05) is 19.8 Å². The van der Waals surface area contributed by atoms with Crippen molar-refractivity contribution in [3.05, 3.63) is 0 Å². The number of nitrogens with one attached hydrogen (secondary N) is 1. The Kier molecular flexibility index (Phi) is 3.94. The highest BCUT2D eigenvalue weighted by molar-refractivity contribution is 5.86. The van der Waals surface area contributed by atoms with Gasteiger partial charge in [0.1, 0.15) is 5.54 Å². The number of aliphatic hydroxyl groups is 1. The number of nitrogens with two attached hydrogens (primary N) is 1. The van der Waals surface area contributed by atoms with E-state index in [9.17, 15) is 9.90 Å². The van der Waals surface area contributed by atoms with Crippen molar-refractivity contribution in [3.8, 4) is 0 Å². The second-order valence-corrected chi connectivity index (χ2v) is 6.07. The summed E-state index contributed by atoms with van der Waals surface area (Å²) in [5, 5.41) is 13.2. The highest BCUT2D eigenvalue weighted by Crippen LogP contribution is 2.31. The molecule has 1 aliphatic carbocycles. The molecule has 5 nitrogen and oxygen atoms in total. The summed E-state index contributed by atoms with van der Waals surface area (Å²) in [6, 6.07) is 0. The Morgan fingerprint density at radius 1 is 1.56 bits per heavy atom. The Labute approximate surface area is 108 Å². The number of carbonyl (C=O) groups excluding carboxylic acids is 1. The zero-order valence-electron chi connectivity index (χ0n) is 11.1. The van der Waals surface area contributed by atoms with Crippen LogP contribution in [0.3, 0.4) is 0 Å². The lowest BCUT2D eigenvalue weighted by atomic mass is 9.79. The van der Waals surface area contributed by atoms with E-state index in [0.717, 1.165) is 25.7 Å². The standard InChI is InChI=1S/C13H24N2O3/c1-10-3-2-4-12(17,7-10)8-15-11(16)13(14)5-6-18-9-13/h10,17H,2-9,14H2,1H3,(H,15,16). The minimum absolute atomic E-state index is 0.202. The first-order valence-corrected chi connectivity index (χ1v) is 6.81. The molecule has 1 saturated carbocycles. The van der Waals surface area contributed by atoms with Crippen molar-refractivity contribution in [1.29, 1.82) is 0 Å². The van der Waals surface area contributed by atoms with E-state index in [4.69, 9.17) is 10.5 Å². The SMILES string of the molecule is CC1CCCC(O)(CNC(=O)C2(N)CCOC2)C1. The minimum Gasteiger partial charge on any atom is -0.388 e. The maximum atomic E-state index is 12.0. The zero-order valence-corrected chi connectivity index (χ0v) is 11.1. The number of ether oxygens (including phenoxy) is 1.